The summed E-state index contributed by atoms with van der Waals surface area (Å²) in [5, 5.41) is 5.79. The van der Waals surface area contributed by atoms with Gasteiger partial charge in [-0.3, -0.25) is 14.6 Å². The summed E-state index contributed by atoms with van der Waals surface area (Å²) in [5.41, 5.74) is -0.225. The van der Waals surface area contributed by atoms with Crippen LogP contribution in [0.15, 0.2) is 22.3 Å². The fourth-order valence-electron chi connectivity index (χ4n) is 1.31. The number of carbonyl (C=O) groups excluding carboxylic acids is 1. The van der Waals surface area contributed by atoms with E-state index in [-0.39, 0.29) is 22.7 Å². The van der Waals surface area contributed by atoms with Crippen molar-refractivity contribution in [3.05, 3.63) is 43.2 Å². The fraction of sp³-hybridized carbons (Fsp3) is 0.200. The van der Waals surface area contributed by atoms with Crippen LogP contribution in [0.3, 0.4) is 0 Å². The van der Waals surface area contributed by atoms with E-state index in [2.05, 4.69) is 10.1 Å². The number of rotatable bonds is 3. The van der Waals surface area contributed by atoms with Crippen LogP contribution in [0.1, 0.15) is 15.4 Å². The van der Waals surface area contributed by atoms with Gasteiger partial charge in [0, 0.05) is 7.05 Å². The number of hydrogen-bond donors (Lipinski definition) is 1. The maximum absolute atomic E-state index is 11.8. The van der Waals surface area contributed by atoms with Crippen LogP contribution in [-0.2, 0) is 13.5 Å². The minimum Gasteiger partial charge on any atom is -0.296 e. The van der Waals surface area contributed by atoms with Crippen LogP contribution in [-0.4, -0.2) is 20.5 Å². The van der Waals surface area contributed by atoms with Gasteiger partial charge in [-0.1, -0.05) is 6.07 Å². The maximum atomic E-state index is 11.8. The van der Waals surface area contributed by atoms with Crippen LogP contribution in [0, 0.1) is 4.77 Å². The molecule has 2 heterocycles. The van der Waals surface area contributed by atoms with Gasteiger partial charge in [-0.2, -0.15) is 5.10 Å². The number of aryl methyl sites for hydroxylation is 1. The van der Waals surface area contributed by atoms with Gasteiger partial charge in [0.15, 0.2) is 10.6 Å². The van der Waals surface area contributed by atoms with Gasteiger partial charge in [-0.25, -0.2) is 4.68 Å². The topological polar surface area (TPSA) is 67.8 Å². The minimum absolute atomic E-state index is 0.0146. The molecule has 1 N–H and O–H groups in total. The van der Waals surface area contributed by atoms with Crippen molar-refractivity contribution >= 4 is 29.3 Å². The van der Waals surface area contributed by atoms with Crippen LogP contribution in [0.4, 0.5) is 0 Å². The van der Waals surface area contributed by atoms with E-state index >= 15 is 0 Å². The molecule has 0 aliphatic carbocycles. The zero-order chi connectivity index (χ0) is 12.4. The number of aromatic amines is 1. The van der Waals surface area contributed by atoms with Gasteiger partial charge in [-0.15, -0.1) is 11.3 Å². The van der Waals surface area contributed by atoms with Crippen molar-refractivity contribution in [2.24, 2.45) is 7.05 Å². The Balaban J connectivity index is 2.31. The van der Waals surface area contributed by atoms with Gasteiger partial charge in [0.1, 0.15) is 5.69 Å². The van der Waals surface area contributed by atoms with Gasteiger partial charge < -0.3 is 0 Å². The van der Waals surface area contributed by atoms with Crippen molar-refractivity contribution in [2.75, 3.05) is 0 Å². The summed E-state index contributed by atoms with van der Waals surface area (Å²) >= 11 is 6.20. The Kier molecular flexibility index (Phi) is 3.30. The van der Waals surface area contributed by atoms with Gasteiger partial charge >= 0.3 is 0 Å². The Labute approximate surface area is 106 Å². The number of nitrogens with zero attached hydrogens (tertiary/aromatic N) is 2. The van der Waals surface area contributed by atoms with E-state index in [1.54, 1.807) is 19.2 Å². The molecule has 0 bridgehead atoms. The Morgan fingerprint density at radius 2 is 2.41 bits per heavy atom. The first-order chi connectivity index (χ1) is 8.08. The predicted molar refractivity (Wildman–Crippen MR) is 67.0 cm³/mol. The molecule has 0 saturated carbocycles. The van der Waals surface area contributed by atoms with E-state index in [0.29, 0.717) is 4.88 Å². The minimum atomic E-state index is -0.405. The molecule has 2 rings (SSSR count). The van der Waals surface area contributed by atoms with Crippen LogP contribution < -0.4 is 5.56 Å². The summed E-state index contributed by atoms with van der Waals surface area (Å²) in [7, 11) is 1.62. The molecule has 0 spiro atoms. The van der Waals surface area contributed by atoms with Crippen LogP contribution in [0.2, 0.25) is 0 Å². The molecule has 7 heteroatoms. The van der Waals surface area contributed by atoms with E-state index in [9.17, 15) is 9.59 Å². The number of nitrogens with one attached hydrogen (secondary N) is 1. The van der Waals surface area contributed by atoms with E-state index < -0.39 is 5.56 Å². The van der Waals surface area contributed by atoms with Crippen LogP contribution >= 0.6 is 23.6 Å². The first-order valence-electron chi connectivity index (χ1n) is 4.81. The predicted octanol–water partition coefficient (Wildman–Crippen LogP) is 1.32. The molecule has 0 amide bonds. The Hall–Kier alpha value is -1.60. The van der Waals surface area contributed by atoms with Crippen LogP contribution in [0.25, 0.3) is 0 Å². The molecule has 0 aliphatic heterocycles. The maximum Gasteiger partial charge on any atom is 0.274 e. The van der Waals surface area contributed by atoms with Crippen molar-refractivity contribution in [3.8, 4) is 0 Å². The Bertz CT molecular complexity index is 655. The molecule has 0 radical (unpaired) electrons. The first kappa shape index (κ1) is 11.9. The van der Waals surface area contributed by atoms with E-state index in [1.165, 1.54) is 16.0 Å². The van der Waals surface area contributed by atoms with Gasteiger partial charge in [0.25, 0.3) is 5.56 Å². The summed E-state index contributed by atoms with van der Waals surface area (Å²) in [5.74, 6) is -0.116. The smallest absolute Gasteiger partial charge is 0.274 e. The third-order valence-corrected chi connectivity index (χ3v) is 3.45. The number of H-pyrrole nitrogens is 1. The fourth-order valence-corrected chi connectivity index (χ4v) is 2.11. The van der Waals surface area contributed by atoms with E-state index in [4.69, 9.17) is 12.2 Å². The molecule has 88 valence electrons. The summed E-state index contributed by atoms with van der Waals surface area (Å²) < 4.78 is 1.61. The van der Waals surface area contributed by atoms with Gasteiger partial charge in [-0.05, 0) is 23.7 Å². The molecule has 0 aromatic carbocycles. The third kappa shape index (κ3) is 2.56. The Morgan fingerprint density at radius 3 is 3.06 bits per heavy atom. The number of thiophene rings is 1. The number of ketones is 1. The molecular weight excluding hydrogens is 258 g/mol. The van der Waals surface area contributed by atoms with E-state index in [0.717, 1.165) is 0 Å². The average molecular weight is 267 g/mol. The molecule has 2 aromatic rings. The lowest BCUT2D eigenvalue weighted by Gasteiger charge is -2.01. The van der Waals surface area contributed by atoms with Gasteiger partial charge in [0.05, 0.1) is 11.3 Å². The second-order valence-electron chi connectivity index (χ2n) is 3.41. The number of Topliss-reactive ketones (excluding diaryl/α,β-unsaturated/α-hetero) is 1. The second kappa shape index (κ2) is 4.72. The molecule has 0 saturated heterocycles. The van der Waals surface area contributed by atoms with Crippen molar-refractivity contribution in [1.29, 1.82) is 0 Å². The zero-order valence-electron chi connectivity index (χ0n) is 8.97. The van der Waals surface area contributed by atoms with Crippen molar-refractivity contribution in [3.63, 3.8) is 0 Å². The molecule has 5 nitrogen and oxygen atoms in total. The number of carbonyl (C=O) groups is 1. The lowest BCUT2D eigenvalue weighted by molar-refractivity contribution is 0.0995. The molecule has 2 aromatic heterocycles. The highest BCUT2D eigenvalue weighted by Crippen LogP contribution is 2.10. The molecule has 0 atom stereocenters. The third-order valence-electron chi connectivity index (χ3n) is 2.17. The van der Waals surface area contributed by atoms with E-state index in [1.807, 2.05) is 5.38 Å². The summed E-state index contributed by atoms with van der Waals surface area (Å²) in [6, 6.07) is 3.52. The highest BCUT2D eigenvalue weighted by atomic mass is 32.1. The highest BCUT2D eigenvalue weighted by Gasteiger charge is 2.12. The summed E-state index contributed by atoms with van der Waals surface area (Å²) in [4.78, 5) is 26.4. The number of aromatic nitrogens is 3. The monoisotopic (exact) mass is 267 g/mol. The SMILES string of the molecule is Cn1nc(CC(=O)c2cccs2)c(=O)[nH]c1=S. The second-order valence-corrected chi connectivity index (χ2v) is 4.74. The molecule has 0 unspecified atom stereocenters. The standard InChI is InChI=1S/C10H9N3O2S2/c1-13-10(16)11-9(15)6(12-13)5-7(14)8-3-2-4-17-8/h2-4H,5H2,1H3,(H,11,15,16). The van der Waals surface area contributed by atoms with Crippen LogP contribution in [0.5, 0.6) is 0 Å². The number of hydrogen-bond acceptors (Lipinski definition) is 5. The molecule has 0 aliphatic rings. The van der Waals surface area contributed by atoms with Crippen molar-refractivity contribution < 1.29 is 4.79 Å². The highest BCUT2D eigenvalue weighted by molar-refractivity contribution is 7.71. The molecule has 0 fully saturated rings. The average Bonchev–Trinajstić information content (AvgIpc) is 2.79. The first-order valence-corrected chi connectivity index (χ1v) is 6.10. The van der Waals surface area contributed by atoms with Gasteiger partial charge in [0.2, 0.25) is 0 Å². The lowest BCUT2D eigenvalue weighted by atomic mass is 10.2. The summed E-state index contributed by atoms with van der Waals surface area (Å²) in [6.45, 7) is 0. The Morgan fingerprint density at radius 1 is 1.65 bits per heavy atom. The normalized spacial score (nSPS) is 10.4. The zero-order valence-corrected chi connectivity index (χ0v) is 10.6. The molecular formula is C10H9N3O2S2. The van der Waals surface area contributed by atoms with Crippen molar-refractivity contribution in [1.82, 2.24) is 14.8 Å². The summed E-state index contributed by atoms with van der Waals surface area (Å²) in [6.07, 6.45) is -0.0146. The lowest BCUT2D eigenvalue weighted by Crippen LogP contribution is -2.22. The largest absolute Gasteiger partial charge is 0.296 e. The molecule has 17 heavy (non-hydrogen) atoms. The quantitative estimate of drug-likeness (QED) is 0.673. The van der Waals surface area contributed by atoms with Crippen molar-refractivity contribution in [2.45, 2.75) is 6.42 Å².